The van der Waals surface area contributed by atoms with E-state index >= 15 is 0 Å². The lowest BCUT2D eigenvalue weighted by molar-refractivity contribution is -0.121. The van der Waals surface area contributed by atoms with Crippen LogP contribution in [0.2, 0.25) is 0 Å². The summed E-state index contributed by atoms with van der Waals surface area (Å²) in [5, 5.41) is 13.7. The van der Waals surface area contributed by atoms with Gasteiger partial charge in [-0.05, 0) is 42.5 Å². The minimum atomic E-state index is -0.228. The predicted octanol–water partition coefficient (Wildman–Crippen LogP) is 3.11. The van der Waals surface area contributed by atoms with Crippen molar-refractivity contribution in [2.45, 2.75) is 12.8 Å². The van der Waals surface area contributed by atoms with Crippen molar-refractivity contribution < 1.29 is 9.59 Å². The summed E-state index contributed by atoms with van der Waals surface area (Å²) in [4.78, 5) is 27.4. The molecule has 2 heterocycles. The van der Waals surface area contributed by atoms with Crippen LogP contribution in [0.3, 0.4) is 0 Å². The molecule has 0 aliphatic carbocycles. The van der Waals surface area contributed by atoms with Gasteiger partial charge in [0.05, 0.1) is 22.4 Å². The van der Waals surface area contributed by atoms with Crippen LogP contribution < -0.4 is 5.32 Å². The van der Waals surface area contributed by atoms with Gasteiger partial charge in [-0.3, -0.25) is 9.59 Å². The first-order valence-electron chi connectivity index (χ1n) is 7.81. The SMILES string of the molecule is N#Cc1cccc(NC(=O)C2CCCN(C(=O)c3cccs3)C2)c1. The van der Waals surface area contributed by atoms with Crippen LogP contribution in [-0.4, -0.2) is 29.8 Å². The molecule has 3 rings (SSSR count). The quantitative estimate of drug-likeness (QED) is 0.934. The van der Waals surface area contributed by atoms with Gasteiger partial charge in [-0.25, -0.2) is 0 Å². The number of carbonyl (C=O) groups excluding carboxylic acids is 2. The molecule has 0 saturated carbocycles. The average Bonchev–Trinajstić information content (AvgIpc) is 3.16. The number of nitrogens with zero attached hydrogens (tertiary/aromatic N) is 2. The van der Waals surface area contributed by atoms with Crippen molar-refractivity contribution in [2.24, 2.45) is 5.92 Å². The molecule has 1 aromatic heterocycles. The van der Waals surface area contributed by atoms with E-state index in [1.165, 1.54) is 11.3 Å². The smallest absolute Gasteiger partial charge is 0.263 e. The second-order valence-electron chi connectivity index (χ2n) is 5.75. The van der Waals surface area contributed by atoms with Gasteiger partial charge in [0, 0.05) is 18.8 Å². The van der Waals surface area contributed by atoms with Gasteiger partial charge in [0.2, 0.25) is 5.91 Å². The van der Waals surface area contributed by atoms with Crippen molar-refractivity contribution in [2.75, 3.05) is 18.4 Å². The second-order valence-corrected chi connectivity index (χ2v) is 6.70. The first kappa shape index (κ1) is 16.2. The molecule has 6 heteroatoms. The molecular weight excluding hydrogens is 322 g/mol. The molecule has 122 valence electrons. The number of hydrogen-bond acceptors (Lipinski definition) is 4. The predicted molar refractivity (Wildman–Crippen MR) is 92.7 cm³/mol. The fraction of sp³-hybridized carbons (Fsp3) is 0.278. The first-order valence-corrected chi connectivity index (χ1v) is 8.69. The van der Waals surface area contributed by atoms with Crippen LogP contribution >= 0.6 is 11.3 Å². The van der Waals surface area contributed by atoms with Gasteiger partial charge in [0.15, 0.2) is 0 Å². The van der Waals surface area contributed by atoms with Gasteiger partial charge in [-0.1, -0.05) is 12.1 Å². The fourth-order valence-corrected chi connectivity index (χ4v) is 3.53. The van der Waals surface area contributed by atoms with Crippen LogP contribution in [0.15, 0.2) is 41.8 Å². The van der Waals surface area contributed by atoms with E-state index in [0.29, 0.717) is 29.2 Å². The van der Waals surface area contributed by atoms with Crippen molar-refractivity contribution >= 4 is 28.8 Å². The number of likely N-dealkylation sites (tertiary alicyclic amines) is 1. The third-order valence-electron chi connectivity index (χ3n) is 4.07. The van der Waals surface area contributed by atoms with E-state index in [0.717, 1.165) is 12.8 Å². The van der Waals surface area contributed by atoms with Gasteiger partial charge in [0.1, 0.15) is 0 Å². The third-order valence-corrected chi connectivity index (χ3v) is 4.93. The Kier molecular flexibility index (Phi) is 4.92. The number of rotatable bonds is 3. The zero-order valence-electron chi connectivity index (χ0n) is 13.1. The molecule has 2 aromatic rings. The maximum Gasteiger partial charge on any atom is 0.263 e. The fourth-order valence-electron chi connectivity index (χ4n) is 2.84. The Bertz CT molecular complexity index is 780. The van der Waals surface area contributed by atoms with Crippen molar-refractivity contribution in [3.63, 3.8) is 0 Å². The van der Waals surface area contributed by atoms with Crippen LogP contribution in [0.5, 0.6) is 0 Å². The number of thiophene rings is 1. The molecule has 1 aromatic carbocycles. The summed E-state index contributed by atoms with van der Waals surface area (Å²) >= 11 is 1.42. The van der Waals surface area contributed by atoms with Crippen LogP contribution in [0.4, 0.5) is 5.69 Å². The molecule has 0 spiro atoms. The van der Waals surface area contributed by atoms with Crippen molar-refractivity contribution in [3.05, 3.63) is 52.2 Å². The molecule has 2 amide bonds. The van der Waals surface area contributed by atoms with Crippen molar-refractivity contribution in [3.8, 4) is 6.07 Å². The molecule has 1 saturated heterocycles. The maximum atomic E-state index is 12.5. The van der Waals surface area contributed by atoms with Gasteiger partial charge >= 0.3 is 0 Å². The molecule has 5 nitrogen and oxygen atoms in total. The monoisotopic (exact) mass is 339 g/mol. The summed E-state index contributed by atoms with van der Waals surface area (Å²) in [6, 6.07) is 12.6. The molecule has 1 N–H and O–H groups in total. The second kappa shape index (κ2) is 7.28. The van der Waals surface area contributed by atoms with Crippen molar-refractivity contribution in [1.29, 1.82) is 5.26 Å². The number of anilines is 1. The Morgan fingerprint density at radius 1 is 1.29 bits per heavy atom. The molecule has 1 fully saturated rings. The highest BCUT2D eigenvalue weighted by molar-refractivity contribution is 7.12. The summed E-state index contributed by atoms with van der Waals surface area (Å²) in [7, 11) is 0. The lowest BCUT2D eigenvalue weighted by Crippen LogP contribution is -2.43. The van der Waals surface area contributed by atoms with E-state index in [-0.39, 0.29) is 17.7 Å². The normalized spacial score (nSPS) is 17.1. The zero-order valence-corrected chi connectivity index (χ0v) is 13.9. The molecule has 1 unspecified atom stereocenters. The van der Waals surface area contributed by atoms with E-state index < -0.39 is 0 Å². The van der Waals surface area contributed by atoms with Gasteiger partial charge < -0.3 is 10.2 Å². The zero-order chi connectivity index (χ0) is 16.9. The Morgan fingerprint density at radius 3 is 2.92 bits per heavy atom. The van der Waals surface area contributed by atoms with E-state index in [1.807, 2.05) is 17.5 Å². The van der Waals surface area contributed by atoms with Gasteiger partial charge in [-0.2, -0.15) is 5.26 Å². The number of carbonyl (C=O) groups is 2. The molecule has 1 aliphatic heterocycles. The average molecular weight is 339 g/mol. The summed E-state index contributed by atoms with van der Waals surface area (Å²) < 4.78 is 0. The summed E-state index contributed by atoms with van der Waals surface area (Å²) in [5.74, 6) is -0.337. The highest BCUT2D eigenvalue weighted by atomic mass is 32.1. The highest BCUT2D eigenvalue weighted by Crippen LogP contribution is 2.22. The Morgan fingerprint density at radius 2 is 2.17 bits per heavy atom. The molecule has 0 bridgehead atoms. The Labute approximate surface area is 144 Å². The lowest BCUT2D eigenvalue weighted by atomic mass is 9.96. The number of benzene rings is 1. The maximum absolute atomic E-state index is 12.5. The molecular formula is C18H17N3O2S. The standard InChI is InChI=1S/C18H17N3O2S/c19-11-13-4-1-6-15(10-13)20-17(22)14-5-2-8-21(12-14)18(23)16-7-3-9-24-16/h1,3-4,6-7,9-10,14H,2,5,8,12H2,(H,20,22). The van der Waals surface area contributed by atoms with Gasteiger partial charge in [-0.15, -0.1) is 11.3 Å². The Hall–Kier alpha value is -2.65. The number of piperidine rings is 1. The topological polar surface area (TPSA) is 73.2 Å². The minimum Gasteiger partial charge on any atom is -0.337 e. The largest absolute Gasteiger partial charge is 0.337 e. The Balaban J connectivity index is 1.64. The number of amides is 2. The molecule has 0 radical (unpaired) electrons. The number of hydrogen-bond donors (Lipinski definition) is 1. The van der Waals surface area contributed by atoms with Gasteiger partial charge in [0.25, 0.3) is 5.91 Å². The van der Waals surface area contributed by atoms with E-state index in [4.69, 9.17) is 5.26 Å². The van der Waals surface area contributed by atoms with Crippen LogP contribution in [0, 0.1) is 17.2 Å². The highest BCUT2D eigenvalue weighted by Gasteiger charge is 2.29. The van der Waals surface area contributed by atoms with Crippen LogP contribution in [0.25, 0.3) is 0 Å². The summed E-state index contributed by atoms with van der Waals surface area (Å²) in [6.07, 6.45) is 1.57. The number of nitrogens with one attached hydrogen (secondary N) is 1. The summed E-state index contributed by atoms with van der Waals surface area (Å²) in [6.45, 7) is 1.12. The van der Waals surface area contributed by atoms with Crippen molar-refractivity contribution in [1.82, 2.24) is 4.90 Å². The van der Waals surface area contributed by atoms with Crippen LogP contribution in [-0.2, 0) is 4.79 Å². The molecule has 24 heavy (non-hydrogen) atoms. The lowest BCUT2D eigenvalue weighted by Gasteiger charge is -2.31. The van der Waals surface area contributed by atoms with Crippen LogP contribution in [0.1, 0.15) is 28.1 Å². The van der Waals surface area contributed by atoms with E-state index in [9.17, 15) is 9.59 Å². The van der Waals surface area contributed by atoms with E-state index in [1.54, 1.807) is 29.2 Å². The first-order chi connectivity index (χ1) is 11.7. The summed E-state index contributed by atoms with van der Waals surface area (Å²) in [5.41, 5.74) is 1.12. The third kappa shape index (κ3) is 3.63. The minimum absolute atomic E-state index is 0.00558. The number of nitriles is 1. The molecule has 1 aliphatic rings. The van der Waals surface area contributed by atoms with E-state index in [2.05, 4.69) is 11.4 Å². The molecule has 1 atom stereocenters.